The van der Waals surface area contributed by atoms with Gasteiger partial charge in [0.25, 0.3) is 0 Å². The van der Waals surface area contributed by atoms with Crippen LogP contribution in [0.3, 0.4) is 0 Å². The Kier molecular flexibility index (Phi) is 3.04. The molecule has 1 aliphatic heterocycles. The standard InChI is InChI=1S/C11H8Cl2N2O/c12-8-1-2-10(7(3-8)5-14)15-6-9(13)4-11(15)16/h1-3,9H,4,6H2. The average molecular weight is 255 g/mol. The molecule has 1 saturated heterocycles. The van der Waals surface area contributed by atoms with Crippen LogP contribution < -0.4 is 4.90 Å². The molecule has 0 spiro atoms. The molecule has 0 saturated carbocycles. The van der Waals surface area contributed by atoms with E-state index in [1.54, 1.807) is 18.2 Å². The van der Waals surface area contributed by atoms with E-state index in [-0.39, 0.29) is 11.3 Å². The maximum Gasteiger partial charge on any atom is 0.228 e. The van der Waals surface area contributed by atoms with Crippen LogP contribution in [0.15, 0.2) is 18.2 Å². The summed E-state index contributed by atoms with van der Waals surface area (Å²) in [6, 6.07) is 6.91. The van der Waals surface area contributed by atoms with Crippen LogP contribution in [0.2, 0.25) is 5.02 Å². The number of anilines is 1. The topological polar surface area (TPSA) is 44.1 Å². The molecule has 0 aliphatic carbocycles. The van der Waals surface area contributed by atoms with Crippen molar-refractivity contribution in [3.63, 3.8) is 0 Å². The minimum atomic E-state index is -0.185. The number of alkyl halides is 1. The molecule has 1 aliphatic rings. The fourth-order valence-corrected chi connectivity index (χ4v) is 2.17. The van der Waals surface area contributed by atoms with Crippen molar-refractivity contribution < 1.29 is 4.79 Å². The van der Waals surface area contributed by atoms with E-state index in [2.05, 4.69) is 0 Å². The number of rotatable bonds is 1. The summed E-state index contributed by atoms with van der Waals surface area (Å²) in [7, 11) is 0. The van der Waals surface area contributed by atoms with Crippen LogP contribution in [-0.4, -0.2) is 17.8 Å². The minimum Gasteiger partial charge on any atom is -0.310 e. The Balaban J connectivity index is 2.41. The van der Waals surface area contributed by atoms with Crippen LogP contribution in [0.4, 0.5) is 5.69 Å². The maximum absolute atomic E-state index is 11.6. The Bertz CT molecular complexity index is 481. The highest BCUT2D eigenvalue weighted by Crippen LogP contribution is 2.28. The molecule has 1 fully saturated rings. The lowest BCUT2D eigenvalue weighted by atomic mass is 10.2. The molecule has 5 heteroatoms. The third-order valence-electron chi connectivity index (χ3n) is 2.45. The quantitative estimate of drug-likeness (QED) is 0.724. The highest BCUT2D eigenvalue weighted by Gasteiger charge is 2.30. The number of nitrogens with zero attached hydrogens (tertiary/aromatic N) is 2. The molecule has 2 rings (SSSR count). The van der Waals surface area contributed by atoms with Gasteiger partial charge in [0, 0.05) is 18.0 Å². The molecule has 16 heavy (non-hydrogen) atoms. The van der Waals surface area contributed by atoms with Gasteiger partial charge in [0.15, 0.2) is 0 Å². The summed E-state index contributed by atoms with van der Waals surface area (Å²) < 4.78 is 0. The summed E-state index contributed by atoms with van der Waals surface area (Å²) in [6.45, 7) is 0.441. The lowest BCUT2D eigenvalue weighted by Gasteiger charge is -2.17. The molecule has 0 aromatic heterocycles. The lowest BCUT2D eigenvalue weighted by molar-refractivity contribution is -0.117. The molecule has 0 N–H and O–H groups in total. The number of hydrogen-bond acceptors (Lipinski definition) is 2. The maximum atomic E-state index is 11.6. The van der Waals surface area contributed by atoms with E-state index in [9.17, 15) is 4.79 Å². The molecule has 1 atom stereocenters. The summed E-state index contributed by atoms with van der Waals surface area (Å²) in [5.41, 5.74) is 0.978. The van der Waals surface area contributed by atoms with Crippen molar-refractivity contribution in [2.24, 2.45) is 0 Å². The number of hydrogen-bond donors (Lipinski definition) is 0. The molecule has 1 aromatic carbocycles. The zero-order chi connectivity index (χ0) is 11.7. The third kappa shape index (κ3) is 1.99. The highest BCUT2D eigenvalue weighted by atomic mass is 35.5. The summed E-state index contributed by atoms with van der Waals surface area (Å²) in [4.78, 5) is 13.2. The van der Waals surface area contributed by atoms with Gasteiger partial charge in [-0.15, -0.1) is 11.6 Å². The van der Waals surface area contributed by atoms with Gasteiger partial charge in [-0.3, -0.25) is 4.79 Å². The van der Waals surface area contributed by atoms with Crippen molar-refractivity contribution in [3.05, 3.63) is 28.8 Å². The van der Waals surface area contributed by atoms with Gasteiger partial charge in [-0.2, -0.15) is 5.26 Å². The minimum absolute atomic E-state index is 0.0566. The van der Waals surface area contributed by atoms with Gasteiger partial charge in [0.2, 0.25) is 5.91 Å². The number of amides is 1. The number of halogens is 2. The summed E-state index contributed by atoms with van der Waals surface area (Å²) in [6.07, 6.45) is 0.315. The summed E-state index contributed by atoms with van der Waals surface area (Å²) >= 11 is 11.7. The Morgan fingerprint density at radius 2 is 2.25 bits per heavy atom. The molecule has 3 nitrogen and oxygen atoms in total. The number of carbonyl (C=O) groups excluding carboxylic acids is 1. The van der Waals surface area contributed by atoms with Crippen molar-refractivity contribution in [1.82, 2.24) is 0 Å². The largest absolute Gasteiger partial charge is 0.310 e. The van der Waals surface area contributed by atoms with Crippen LogP contribution in [0.1, 0.15) is 12.0 Å². The Hall–Kier alpha value is -1.24. The first kappa shape index (κ1) is 11.3. The lowest BCUT2D eigenvalue weighted by Crippen LogP contribution is -2.25. The predicted molar refractivity (Wildman–Crippen MR) is 62.8 cm³/mol. The fourth-order valence-electron chi connectivity index (χ4n) is 1.73. The molecular formula is C11H8Cl2N2O. The Morgan fingerprint density at radius 1 is 1.50 bits per heavy atom. The zero-order valence-corrected chi connectivity index (χ0v) is 9.79. The van der Waals surface area contributed by atoms with Crippen LogP contribution in [0.5, 0.6) is 0 Å². The van der Waals surface area contributed by atoms with Crippen molar-refractivity contribution in [1.29, 1.82) is 5.26 Å². The molecule has 0 radical (unpaired) electrons. The number of carbonyl (C=O) groups is 1. The van der Waals surface area contributed by atoms with E-state index >= 15 is 0 Å². The Labute approximate surface area is 103 Å². The summed E-state index contributed by atoms with van der Waals surface area (Å²) in [5, 5.41) is 9.27. The van der Waals surface area contributed by atoms with Gasteiger partial charge in [-0.05, 0) is 18.2 Å². The smallest absolute Gasteiger partial charge is 0.228 e. The van der Waals surface area contributed by atoms with Gasteiger partial charge in [0.05, 0.1) is 16.6 Å². The van der Waals surface area contributed by atoms with E-state index in [1.807, 2.05) is 6.07 Å². The van der Waals surface area contributed by atoms with E-state index in [1.165, 1.54) is 4.90 Å². The van der Waals surface area contributed by atoms with Crippen molar-refractivity contribution in [3.8, 4) is 6.07 Å². The second-order valence-electron chi connectivity index (χ2n) is 3.58. The van der Waals surface area contributed by atoms with Crippen molar-refractivity contribution >= 4 is 34.8 Å². The molecule has 1 amide bonds. The Morgan fingerprint density at radius 3 is 2.81 bits per heavy atom. The van der Waals surface area contributed by atoms with Crippen LogP contribution >= 0.6 is 23.2 Å². The van der Waals surface area contributed by atoms with E-state index in [0.717, 1.165) is 0 Å². The van der Waals surface area contributed by atoms with Crippen LogP contribution in [-0.2, 0) is 4.79 Å². The SMILES string of the molecule is N#Cc1cc(Cl)ccc1N1CC(Cl)CC1=O. The summed E-state index contributed by atoms with van der Waals surface area (Å²) in [5.74, 6) is -0.0566. The van der Waals surface area contributed by atoms with Crippen LogP contribution in [0.25, 0.3) is 0 Å². The monoisotopic (exact) mass is 254 g/mol. The fraction of sp³-hybridized carbons (Fsp3) is 0.273. The van der Waals surface area contributed by atoms with Crippen LogP contribution in [0, 0.1) is 11.3 Å². The van der Waals surface area contributed by atoms with Gasteiger partial charge >= 0.3 is 0 Å². The van der Waals surface area contributed by atoms with E-state index < -0.39 is 0 Å². The third-order valence-corrected chi connectivity index (χ3v) is 2.98. The van der Waals surface area contributed by atoms with Gasteiger partial charge in [-0.1, -0.05) is 11.6 Å². The second-order valence-corrected chi connectivity index (χ2v) is 4.63. The first-order valence-electron chi connectivity index (χ1n) is 4.76. The first-order chi connectivity index (χ1) is 7.61. The van der Waals surface area contributed by atoms with Crippen molar-refractivity contribution in [2.75, 3.05) is 11.4 Å². The predicted octanol–water partition coefficient (Wildman–Crippen LogP) is 2.56. The average Bonchev–Trinajstić information content (AvgIpc) is 2.57. The zero-order valence-electron chi connectivity index (χ0n) is 8.28. The van der Waals surface area contributed by atoms with Crippen molar-refractivity contribution in [2.45, 2.75) is 11.8 Å². The second kappa shape index (κ2) is 4.32. The normalized spacial score (nSPS) is 19.9. The molecule has 82 valence electrons. The van der Waals surface area contributed by atoms with Gasteiger partial charge < -0.3 is 4.90 Å². The number of nitriles is 1. The first-order valence-corrected chi connectivity index (χ1v) is 5.57. The molecule has 0 bridgehead atoms. The van der Waals surface area contributed by atoms with Gasteiger partial charge in [0.1, 0.15) is 6.07 Å². The van der Waals surface area contributed by atoms with E-state index in [4.69, 9.17) is 28.5 Å². The molecular weight excluding hydrogens is 247 g/mol. The number of benzene rings is 1. The van der Waals surface area contributed by atoms with E-state index in [0.29, 0.717) is 29.2 Å². The van der Waals surface area contributed by atoms with Gasteiger partial charge in [-0.25, -0.2) is 0 Å². The molecule has 1 unspecified atom stereocenters. The molecule has 1 aromatic rings. The molecule has 1 heterocycles. The highest BCUT2D eigenvalue weighted by molar-refractivity contribution is 6.30.